The number of carbonyl (C=O) groups is 1. The van der Waals surface area contributed by atoms with E-state index in [0.29, 0.717) is 31.1 Å². The number of nitrogens with zero attached hydrogens (tertiary/aromatic N) is 3. The third kappa shape index (κ3) is 5.06. The van der Waals surface area contributed by atoms with E-state index in [9.17, 15) is 9.18 Å². The van der Waals surface area contributed by atoms with Crippen molar-refractivity contribution in [2.45, 2.75) is 33.9 Å². The molecule has 0 aliphatic rings. The van der Waals surface area contributed by atoms with E-state index in [1.165, 1.54) is 12.1 Å². The number of imidazole rings is 1. The van der Waals surface area contributed by atoms with Crippen LogP contribution in [0.2, 0.25) is 0 Å². The highest BCUT2D eigenvalue weighted by molar-refractivity contribution is 5.94. The zero-order chi connectivity index (χ0) is 20.1. The number of hydrogen-bond donors (Lipinski definition) is 0. The molecule has 0 N–H and O–H groups in total. The minimum atomic E-state index is -0.254. The van der Waals surface area contributed by atoms with Gasteiger partial charge in [0.1, 0.15) is 11.6 Å². The first kappa shape index (κ1) is 19.8. The van der Waals surface area contributed by atoms with Crippen molar-refractivity contribution < 1.29 is 9.18 Å². The maximum atomic E-state index is 13.5. The van der Waals surface area contributed by atoms with E-state index in [2.05, 4.69) is 18.8 Å². The largest absolute Gasteiger partial charge is 0.331 e. The van der Waals surface area contributed by atoms with Crippen LogP contribution in [0.5, 0.6) is 0 Å². The highest BCUT2D eigenvalue weighted by atomic mass is 19.1. The Balaban J connectivity index is 1.81. The Kier molecular flexibility index (Phi) is 6.24. The van der Waals surface area contributed by atoms with Crippen LogP contribution in [0.3, 0.4) is 0 Å². The van der Waals surface area contributed by atoms with Gasteiger partial charge in [0.15, 0.2) is 0 Å². The molecule has 0 bridgehead atoms. The number of aryl methyl sites for hydroxylation is 1. The molecule has 3 rings (SSSR count). The highest BCUT2D eigenvalue weighted by Crippen LogP contribution is 2.14. The number of carbonyl (C=O) groups excluding carboxylic acids is 1. The Hall–Kier alpha value is -2.95. The second-order valence-electron chi connectivity index (χ2n) is 7.55. The lowest BCUT2D eigenvalue weighted by Crippen LogP contribution is -2.34. The highest BCUT2D eigenvalue weighted by Gasteiger charge is 2.19. The van der Waals surface area contributed by atoms with Crippen molar-refractivity contribution in [3.63, 3.8) is 0 Å². The molecule has 0 saturated heterocycles. The van der Waals surface area contributed by atoms with E-state index in [4.69, 9.17) is 0 Å². The third-order valence-electron chi connectivity index (χ3n) is 4.55. The van der Waals surface area contributed by atoms with Gasteiger partial charge < -0.3 is 9.47 Å². The predicted molar refractivity (Wildman–Crippen MR) is 108 cm³/mol. The first-order valence-electron chi connectivity index (χ1n) is 9.53. The van der Waals surface area contributed by atoms with Crippen LogP contribution in [-0.2, 0) is 13.1 Å². The molecule has 0 saturated carbocycles. The van der Waals surface area contributed by atoms with E-state index < -0.39 is 0 Å². The van der Waals surface area contributed by atoms with Crippen molar-refractivity contribution in [2.24, 2.45) is 5.92 Å². The molecule has 0 spiro atoms. The summed E-state index contributed by atoms with van der Waals surface area (Å²) in [5.74, 6) is 0.857. The number of benzene rings is 2. The molecule has 1 aromatic heterocycles. The van der Waals surface area contributed by atoms with Gasteiger partial charge in [-0.15, -0.1) is 0 Å². The molecule has 0 radical (unpaired) electrons. The monoisotopic (exact) mass is 379 g/mol. The summed E-state index contributed by atoms with van der Waals surface area (Å²) < 4.78 is 15.5. The Morgan fingerprint density at radius 1 is 1.18 bits per heavy atom. The van der Waals surface area contributed by atoms with Crippen LogP contribution < -0.4 is 0 Å². The third-order valence-corrected chi connectivity index (χ3v) is 4.55. The second-order valence-corrected chi connectivity index (χ2v) is 7.55. The standard InChI is InChI=1S/C23H26FN3O/c1-17(2)14-27(23(28)20-9-7-18(3)8-10-20)16-22-25-11-12-26(22)15-19-5-4-6-21(24)13-19/h4-13,17H,14-16H2,1-3H3. The van der Waals surface area contributed by atoms with Gasteiger partial charge >= 0.3 is 0 Å². The van der Waals surface area contributed by atoms with Crippen LogP contribution in [0.4, 0.5) is 4.39 Å². The number of halogens is 1. The molecule has 0 unspecified atom stereocenters. The van der Waals surface area contributed by atoms with Crippen LogP contribution >= 0.6 is 0 Å². The summed E-state index contributed by atoms with van der Waals surface area (Å²) >= 11 is 0. The lowest BCUT2D eigenvalue weighted by atomic mass is 10.1. The van der Waals surface area contributed by atoms with Crippen molar-refractivity contribution in [3.8, 4) is 0 Å². The second kappa shape index (κ2) is 8.83. The molecular formula is C23H26FN3O. The summed E-state index contributed by atoms with van der Waals surface area (Å²) in [4.78, 5) is 19.4. The average molecular weight is 379 g/mol. The summed E-state index contributed by atoms with van der Waals surface area (Å²) in [6, 6.07) is 14.2. The Morgan fingerprint density at radius 2 is 1.93 bits per heavy atom. The van der Waals surface area contributed by atoms with Crippen LogP contribution in [-0.4, -0.2) is 26.9 Å². The molecule has 3 aromatic rings. The number of rotatable bonds is 7. The molecule has 5 heteroatoms. The van der Waals surface area contributed by atoms with Gasteiger partial charge in [0, 0.05) is 31.0 Å². The van der Waals surface area contributed by atoms with Crippen LogP contribution in [0, 0.1) is 18.7 Å². The topological polar surface area (TPSA) is 38.1 Å². The van der Waals surface area contributed by atoms with Gasteiger partial charge in [-0.1, -0.05) is 43.7 Å². The summed E-state index contributed by atoms with van der Waals surface area (Å²) in [5, 5.41) is 0. The molecule has 28 heavy (non-hydrogen) atoms. The van der Waals surface area contributed by atoms with Gasteiger partial charge in [0.2, 0.25) is 0 Å². The van der Waals surface area contributed by atoms with E-state index in [1.54, 1.807) is 12.3 Å². The van der Waals surface area contributed by atoms with Crippen molar-refractivity contribution in [2.75, 3.05) is 6.54 Å². The summed E-state index contributed by atoms with van der Waals surface area (Å²) in [5.41, 5.74) is 2.66. The SMILES string of the molecule is Cc1ccc(C(=O)N(Cc2nccn2Cc2cccc(F)c2)CC(C)C)cc1. The van der Waals surface area contributed by atoms with Gasteiger partial charge in [-0.2, -0.15) is 0 Å². The fraction of sp³-hybridized carbons (Fsp3) is 0.304. The smallest absolute Gasteiger partial charge is 0.254 e. The molecule has 0 aliphatic heterocycles. The average Bonchev–Trinajstić information content (AvgIpc) is 3.07. The molecule has 0 aliphatic carbocycles. The van der Waals surface area contributed by atoms with E-state index in [0.717, 1.165) is 17.0 Å². The van der Waals surface area contributed by atoms with E-state index >= 15 is 0 Å². The molecule has 1 heterocycles. The van der Waals surface area contributed by atoms with Gasteiger partial charge in [0.25, 0.3) is 5.91 Å². The number of aromatic nitrogens is 2. The minimum absolute atomic E-state index is 0.00555. The van der Waals surface area contributed by atoms with Crippen molar-refractivity contribution in [1.29, 1.82) is 0 Å². The first-order chi connectivity index (χ1) is 13.4. The lowest BCUT2D eigenvalue weighted by molar-refractivity contribution is 0.0716. The van der Waals surface area contributed by atoms with Crippen molar-refractivity contribution >= 4 is 5.91 Å². The molecule has 4 nitrogen and oxygen atoms in total. The fourth-order valence-electron chi connectivity index (χ4n) is 3.18. The number of amides is 1. The van der Waals surface area contributed by atoms with Gasteiger partial charge in [-0.05, 0) is 42.7 Å². The Labute approximate surface area is 165 Å². The molecule has 2 aromatic carbocycles. The maximum absolute atomic E-state index is 13.5. The van der Waals surface area contributed by atoms with Crippen molar-refractivity contribution in [3.05, 3.63) is 89.3 Å². The zero-order valence-electron chi connectivity index (χ0n) is 16.6. The van der Waals surface area contributed by atoms with E-state index in [-0.39, 0.29) is 11.7 Å². The normalized spacial score (nSPS) is 11.0. The van der Waals surface area contributed by atoms with Crippen LogP contribution in [0.1, 0.15) is 41.2 Å². The number of hydrogen-bond acceptors (Lipinski definition) is 2. The van der Waals surface area contributed by atoms with Crippen LogP contribution in [0.15, 0.2) is 60.9 Å². The Bertz CT molecular complexity index is 931. The van der Waals surface area contributed by atoms with Crippen molar-refractivity contribution in [1.82, 2.24) is 14.5 Å². The Morgan fingerprint density at radius 3 is 2.61 bits per heavy atom. The molecular weight excluding hydrogens is 353 g/mol. The van der Waals surface area contributed by atoms with Gasteiger partial charge in [-0.3, -0.25) is 4.79 Å². The summed E-state index contributed by atoms with van der Waals surface area (Å²) in [6.45, 7) is 7.75. The van der Waals surface area contributed by atoms with Crippen LogP contribution in [0.25, 0.3) is 0 Å². The quantitative estimate of drug-likeness (QED) is 0.598. The summed E-state index contributed by atoms with van der Waals surface area (Å²) in [7, 11) is 0. The molecule has 1 amide bonds. The zero-order valence-corrected chi connectivity index (χ0v) is 16.6. The first-order valence-corrected chi connectivity index (χ1v) is 9.53. The summed E-state index contributed by atoms with van der Waals surface area (Å²) in [6.07, 6.45) is 3.59. The van der Waals surface area contributed by atoms with Gasteiger partial charge in [-0.25, -0.2) is 9.37 Å². The lowest BCUT2D eigenvalue weighted by Gasteiger charge is -2.25. The molecule has 0 atom stereocenters. The maximum Gasteiger partial charge on any atom is 0.254 e. The van der Waals surface area contributed by atoms with E-state index in [1.807, 2.05) is 52.9 Å². The minimum Gasteiger partial charge on any atom is -0.331 e. The van der Waals surface area contributed by atoms with Gasteiger partial charge in [0.05, 0.1) is 6.54 Å². The molecule has 0 fully saturated rings. The molecule has 146 valence electrons. The fourth-order valence-corrected chi connectivity index (χ4v) is 3.18. The predicted octanol–water partition coefficient (Wildman–Crippen LogP) is 4.68.